The Bertz CT molecular complexity index is 1110. The van der Waals surface area contributed by atoms with E-state index in [2.05, 4.69) is 14.7 Å². The maximum Gasteiger partial charge on any atom is 0.277 e. The Morgan fingerprint density at radius 2 is 2.25 bits per heavy atom. The summed E-state index contributed by atoms with van der Waals surface area (Å²) in [6, 6.07) is 4.75. The van der Waals surface area contributed by atoms with Crippen LogP contribution in [-0.4, -0.2) is 40.4 Å². The zero-order chi connectivity index (χ0) is 22.9. The van der Waals surface area contributed by atoms with Crippen LogP contribution in [0.25, 0.3) is 10.6 Å². The molecule has 1 aliphatic rings. The van der Waals surface area contributed by atoms with Gasteiger partial charge in [-0.15, -0.1) is 0 Å². The molecule has 8 nitrogen and oxygen atoms in total. The summed E-state index contributed by atoms with van der Waals surface area (Å²) in [5, 5.41) is 3.75. The van der Waals surface area contributed by atoms with Crippen molar-refractivity contribution in [1.82, 2.24) is 9.36 Å². The summed E-state index contributed by atoms with van der Waals surface area (Å²) in [6.07, 6.45) is 2.09. The van der Waals surface area contributed by atoms with Gasteiger partial charge in [0.15, 0.2) is 11.5 Å². The summed E-state index contributed by atoms with van der Waals surface area (Å²) in [5.74, 6) is -1.51. The number of aromatic nitrogens is 2. The molecule has 4 rings (SSSR count). The molecule has 11 heteroatoms. The first kappa shape index (κ1) is 22.6. The maximum absolute atomic E-state index is 14.3. The van der Waals surface area contributed by atoms with Crippen LogP contribution in [0.15, 0.2) is 24.4 Å². The van der Waals surface area contributed by atoms with Crippen LogP contribution in [0.1, 0.15) is 36.3 Å². The smallest absolute Gasteiger partial charge is 0.277 e. The van der Waals surface area contributed by atoms with Crippen LogP contribution in [0.3, 0.4) is 0 Å². The van der Waals surface area contributed by atoms with E-state index < -0.39 is 17.5 Å². The molecule has 3 aromatic rings. The lowest BCUT2D eigenvalue weighted by molar-refractivity contribution is -0.139. The Kier molecular flexibility index (Phi) is 6.42. The van der Waals surface area contributed by atoms with Crippen molar-refractivity contribution >= 4 is 39.5 Å². The van der Waals surface area contributed by atoms with Gasteiger partial charge in [-0.25, -0.2) is 9.37 Å². The average Bonchev–Trinajstić information content (AvgIpc) is 3.41. The topological polar surface area (TPSA) is 109 Å². The Morgan fingerprint density at radius 1 is 1.44 bits per heavy atom. The van der Waals surface area contributed by atoms with Crippen LogP contribution in [0.4, 0.5) is 15.1 Å². The van der Waals surface area contributed by atoms with E-state index in [1.165, 1.54) is 12.3 Å². The lowest BCUT2D eigenvalue weighted by Gasteiger charge is -2.17. The number of ether oxygens (including phenoxy) is 3. The largest absolute Gasteiger partial charge is 0.481 e. The minimum absolute atomic E-state index is 0.0311. The fraction of sp³-hybridized carbons (Fsp3) is 0.381. The lowest BCUT2D eigenvalue weighted by Crippen LogP contribution is -2.22. The molecule has 3 N–H and O–H groups in total. The van der Waals surface area contributed by atoms with Crippen LogP contribution in [0.2, 0.25) is 0 Å². The normalized spacial score (nSPS) is 17.4. The van der Waals surface area contributed by atoms with Gasteiger partial charge in [-0.2, -0.15) is 4.37 Å². The molecule has 2 aromatic heterocycles. The quantitative estimate of drug-likeness (QED) is 0.516. The minimum Gasteiger partial charge on any atom is -0.481 e. The summed E-state index contributed by atoms with van der Waals surface area (Å²) in [7, 11) is 0. The summed E-state index contributed by atoms with van der Waals surface area (Å²) >= 11 is 2.19. The van der Waals surface area contributed by atoms with Crippen LogP contribution < -0.4 is 15.8 Å². The predicted octanol–water partition coefficient (Wildman–Crippen LogP) is 4.47. The number of nitrogens with one attached hydrogen (secondary N) is 1. The van der Waals surface area contributed by atoms with Crippen LogP contribution in [0, 0.1) is 12.7 Å². The summed E-state index contributed by atoms with van der Waals surface area (Å²) in [5.41, 5.74) is 7.52. The standard InChI is InChI=1S/C21H23FN4O4S2/c1-11-5-4-6-13(22)15(11)19-26-16(17(23)31-19)18(27)25-14-9-24-32-20(14)28-8-7-12-10-29-21(2,3)30-12/h4-6,9,12H,7-8,10,23H2,1-3H3,(H,25,27). The highest BCUT2D eigenvalue weighted by atomic mass is 32.1. The van der Waals surface area contributed by atoms with E-state index in [1.807, 2.05) is 13.8 Å². The molecular weight excluding hydrogens is 455 g/mol. The molecule has 0 bridgehead atoms. The molecule has 1 aromatic carbocycles. The van der Waals surface area contributed by atoms with Crippen molar-refractivity contribution in [2.45, 2.75) is 39.1 Å². The molecule has 3 heterocycles. The molecule has 0 spiro atoms. The molecule has 170 valence electrons. The van der Waals surface area contributed by atoms with Crippen molar-refractivity contribution in [3.63, 3.8) is 0 Å². The summed E-state index contributed by atoms with van der Waals surface area (Å²) in [6.45, 7) is 6.40. The highest BCUT2D eigenvalue weighted by Crippen LogP contribution is 2.35. The fourth-order valence-corrected chi connectivity index (χ4v) is 4.82. The number of nitrogens with zero attached hydrogens (tertiary/aromatic N) is 2. The van der Waals surface area contributed by atoms with Gasteiger partial charge in [0.2, 0.25) is 5.06 Å². The van der Waals surface area contributed by atoms with Gasteiger partial charge < -0.3 is 25.3 Å². The number of carbonyl (C=O) groups excluding carboxylic acids is 1. The van der Waals surface area contributed by atoms with Crippen molar-refractivity contribution in [2.24, 2.45) is 0 Å². The lowest BCUT2D eigenvalue weighted by atomic mass is 10.1. The second kappa shape index (κ2) is 9.10. The molecular formula is C21H23FN4O4S2. The van der Waals surface area contributed by atoms with Gasteiger partial charge in [0.1, 0.15) is 21.5 Å². The molecule has 1 amide bonds. The van der Waals surface area contributed by atoms with E-state index >= 15 is 0 Å². The third-order valence-corrected chi connectivity index (χ3v) is 6.45. The van der Waals surface area contributed by atoms with Gasteiger partial charge >= 0.3 is 0 Å². The first-order chi connectivity index (χ1) is 15.2. The molecule has 1 atom stereocenters. The third kappa shape index (κ3) is 4.90. The van der Waals surface area contributed by atoms with Crippen LogP contribution >= 0.6 is 22.9 Å². The van der Waals surface area contributed by atoms with Crippen molar-refractivity contribution < 1.29 is 23.4 Å². The third-order valence-electron chi connectivity index (χ3n) is 4.83. The zero-order valence-electron chi connectivity index (χ0n) is 17.8. The number of halogens is 1. The van der Waals surface area contributed by atoms with E-state index in [0.29, 0.717) is 46.5 Å². The van der Waals surface area contributed by atoms with E-state index in [9.17, 15) is 9.18 Å². The number of hydrogen-bond donors (Lipinski definition) is 2. The van der Waals surface area contributed by atoms with Crippen LogP contribution in [-0.2, 0) is 9.47 Å². The van der Waals surface area contributed by atoms with Gasteiger partial charge in [0.05, 0.1) is 25.5 Å². The monoisotopic (exact) mass is 478 g/mol. The van der Waals surface area contributed by atoms with Gasteiger partial charge in [-0.3, -0.25) is 4.79 Å². The van der Waals surface area contributed by atoms with Crippen LogP contribution in [0.5, 0.6) is 5.06 Å². The van der Waals surface area contributed by atoms with Crippen molar-refractivity contribution in [3.8, 4) is 15.6 Å². The number of hydrogen-bond acceptors (Lipinski definition) is 9. The molecule has 32 heavy (non-hydrogen) atoms. The molecule has 1 saturated heterocycles. The number of carbonyl (C=O) groups is 1. The first-order valence-corrected chi connectivity index (χ1v) is 11.5. The van der Waals surface area contributed by atoms with Crippen molar-refractivity contribution in [2.75, 3.05) is 24.3 Å². The molecule has 1 fully saturated rings. The van der Waals surface area contributed by atoms with Gasteiger partial charge in [-0.05, 0) is 32.4 Å². The second-order valence-electron chi connectivity index (χ2n) is 7.73. The molecule has 0 aliphatic carbocycles. The SMILES string of the molecule is Cc1cccc(F)c1-c1nc(C(=O)Nc2cnsc2OCCC2COC(C)(C)O2)c(N)s1. The van der Waals surface area contributed by atoms with E-state index in [4.69, 9.17) is 19.9 Å². The van der Waals surface area contributed by atoms with E-state index in [-0.39, 0.29) is 16.8 Å². The number of nitrogen functional groups attached to an aromatic ring is 1. The Morgan fingerprint density at radius 3 is 2.97 bits per heavy atom. The zero-order valence-corrected chi connectivity index (χ0v) is 19.4. The highest BCUT2D eigenvalue weighted by molar-refractivity contribution is 7.19. The number of nitrogens with two attached hydrogens (primary N) is 1. The molecule has 0 radical (unpaired) electrons. The number of thiazole rings is 1. The number of aryl methyl sites for hydroxylation is 1. The minimum atomic E-state index is -0.582. The maximum atomic E-state index is 14.3. The first-order valence-electron chi connectivity index (χ1n) is 9.96. The van der Waals surface area contributed by atoms with E-state index in [0.717, 1.165) is 22.9 Å². The molecule has 1 unspecified atom stereocenters. The number of benzene rings is 1. The highest BCUT2D eigenvalue weighted by Gasteiger charge is 2.32. The number of anilines is 2. The second-order valence-corrected chi connectivity index (χ2v) is 9.53. The predicted molar refractivity (Wildman–Crippen MR) is 122 cm³/mol. The van der Waals surface area contributed by atoms with Crippen molar-refractivity contribution in [3.05, 3.63) is 41.5 Å². The molecule has 1 aliphatic heterocycles. The van der Waals surface area contributed by atoms with E-state index in [1.54, 1.807) is 19.1 Å². The average molecular weight is 479 g/mol. The Labute approximate surface area is 192 Å². The number of amides is 1. The van der Waals surface area contributed by atoms with Gasteiger partial charge in [0, 0.05) is 23.5 Å². The van der Waals surface area contributed by atoms with Crippen molar-refractivity contribution in [1.29, 1.82) is 0 Å². The Balaban J connectivity index is 1.41. The summed E-state index contributed by atoms with van der Waals surface area (Å²) < 4.78 is 35.5. The Hall–Kier alpha value is -2.60. The van der Waals surface area contributed by atoms with Gasteiger partial charge in [-0.1, -0.05) is 23.5 Å². The number of rotatable bonds is 7. The molecule has 0 saturated carbocycles. The summed E-state index contributed by atoms with van der Waals surface area (Å²) in [4.78, 5) is 17.1. The fourth-order valence-electron chi connectivity index (χ4n) is 3.29. The van der Waals surface area contributed by atoms with Gasteiger partial charge in [0.25, 0.3) is 5.91 Å².